The average molecular weight is 215 g/mol. The summed E-state index contributed by atoms with van der Waals surface area (Å²) in [6.45, 7) is 0. The number of methoxy groups -OCH3 is 1. The van der Waals surface area contributed by atoms with Crippen molar-refractivity contribution < 1.29 is 4.74 Å². The molecular formula is C14H17NO. The fourth-order valence-corrected chi connectivity index (χ4v) is 2.99. The number of hydrogen-bond acceptors (Lipinski definition) is 2. The number of nitrogens with zero attached hydrogens (tertiary/aromatic N) is 1. The lowest BCUT2D eigenvalue weighted by Crippen LogP contribution is -2.05. The van der Waals surface area contributed by atoms with Crippen LogP contribution in [0.5, 0.6) is 5.75 Å². The Morgan fingerprint density at radius 3 is 2.94 bits per heavy atom. The van der Waals surface area contributed by atoms with Crippen molar-refractivity contribution in [1.29, 1.82) is 0 Å². The van der Waals surface area contributed by atoms with Crippen LogP contribution in [0.4, 0.5) is 0 Å². The van der Waals surface area contributed by atoms with Gasteiger partial charge in [-0.15, -0.1) is 0 Å². The van der Waals surface area contributed by atoms with Crippen LogP contribution >= 0.6 is 0 Å². The standard InChI is InChI=1S/C14H17NO/c1-16-14-8-3-2-6-11(14)13-9-10-5-4-7-12(10)15-13/h2-3,6,8,10,12H,4-5,7,9H2,1H3/t10-,12-/m1/s1. The minimum Gasteiger partial charge on any atom is -0.496 e. The van der Waals surface area contributed by atoms with Crippen LogP contribution < -0.4 is 4.74 Å². The first-order valence-corrected chi connectivity index (χ1v) is 6.08. The lowest BCUT2D eigenvalue weighted by Gasteiger charge is -2.08. The molecule has 16 heavy (non-hydrogen) atoms. The Kier molecular flexibility index (Phi) is 2.43. The molecule has 0 N–H and O–H groups in total. The van der Waals surface area contributed by atoms with Crippen LogP contribution in [0.3, 0.4) is 0 Å². The van der Waals surface area contributed by atoms with E-state index in [4.69, 9.17) is 9.73 Å². The van der Waals surface area contributed by atoms with E-state index in [9.17, 15) is 0 Å². The summed E-state index contributed by atoms with van der Waals surface area (Å²) in [7, 11) is 1.73. The smallest absolute Gasteiger partial charge is 0.127 e. The van der Waals surface area contributed by atoms with Crippen molar-refractivity contribution in [1.82, 2.24) is 0 Å². The third kappa shape index (κ3) is 1.53. The SMILES string of the molecule is COc1ccccc1C1=N[C@@H]2CCC[C@@H]2C1. The fourth-order valence-electron chi connectivity index (χ4n) is 2.99. The Morgan fingerprint density at radius 2 is 2.12 bits per heavy atom. The second-order valence-electron chi connectivity index (χ2n) is 4.74. The summed E-state index contributed by atoms with van der Waals surface area (Å²) in [5, 5.41) is 0. The van der Waals surface area contributed by atoms with Gasteiger partial charge in [0, 0.05) is 11.3 Å². The molecule has 1 aliphatic heterocycles. The first kappa shape index (κ1) is 9.88. The van der Waals surface area contributed by atoms with E-state index in [0.29, 0.717) is 6.04 Å². The van der Waals surface area contributed by atoms with E-state index in [1.165, 1.54) is 30.5 Å². The average Bonchev–Trinajstić information content (AvgIpc) is 2.89. The Hall–Kier alpha value is -1.31. The highest BCUT2D eigenvalue weighted by Gasteiger charge is 2.34. The topological polar surface area (TPSA) is 21.6 Å². The fraction of sp³-hybridized carbons (Fsp3) is 0.500. The van der Waals surface area contributed by atoms with Gasteiger partial charge >= 0.3 is 0 Å². The number of rotatable bonds is 2. The molecule has 0 aromatic heterocycles. The van der Waals surface area contributed by atoms with Gasteiger partial charge in [-0.1, -0.05) is 18.6 Å². The molecule has 0 radical (unpaired) electrons. The van der Waals surface area contributed by atoms with Crippen molar-refractivity contribution in [2.24, 2.45) is 10.9 Å². The second-order valence-corrected chi connectivity index (χ2v) is 4.74. The third-order valence-electron chi connectivity index (χ3n) is 3.81. The lowest BCUT2D eigenvalue weighted by molar-refractivity contribution is 0.414. The van der Waals surface area contributed by atoms with Crippen LogP contribution in [-0.2, 0) is 0 Å². The highest BCUT2D eigenvalue weighted by molar-refractivity contribution is 6.04. The third-order valence-corrected chi connectivity index (χ3v) is 3.81. The van der Waals surface area contributed by atoms with E-state index in [1.807, 2.05) is 12.1 Å². The van der Waals surface area contributed by atoms with Gasteiger partial charge in [-0.2, -0.15) is 0 Å². The summed E-state index contributed by atoms with van der Waals surface area (Å²) in [6.07, 6.45) is 5.14. The van der Waals surface area contributed by atoms with Crippen LogP contribution in [0.15, 0.2) is 29.3 Å². The van der Waals surface area contributed by atoms with E-state index in [2.05, 4.69) is 12.1 Å². The molecule has 0 saturated heterocycles. The van der Waals surface area contributed by atoms with E-state index < -0.39 is 0 Å². The van der Waals surface area contributed by atoms with Crippen molar-refractivity contribution >= 4 is 5.71 Å². The zero-order valence-electron chi connectivity index (χ0n) is 9.65. The summed E-state index contributed by atoms with van der Waals surface area (Å²) in [6, 6.07) is 8.82. The van der Waals surface area contributed by atoms with Gasteiger partial charge in [0.1, 0.15) is 5.75 Å². The molecule has 1 heterocycles. The first-order valence-electron chi connectivity index (χ1n) is 6.08. The molecular weight excluding hydrogens is 198 g/mol. The molecule has 1 aromatic carbocycles. The molecule has 1 aliphatic carbocycles. The molecule has 2 nitrogen and oxygen atoms in total. The highest BCUT2D eigenvalue weighted by atomic mass is 16.5. The minimum atomic E-state index is 0.597. The monoisotopic (exact) mass is 215 g/mol. The molecule has 2 aliphatic rings. The van der Waals surface area contributed by atoms with E-state index in [1.54, 1.807) is 7.11 Å². The number of ether oxygens (including phenoxy) is 1. The minimum absolute atomic E-state index is 0.597. The summed E-state index contributed by atoms with van der Waals surface area (Å²) in [4.78, 5) is 4.87. The maximum absolute atomic E-state index is 5.40. The number of benzene rings is 1. The van der Waals surface area contributed by atoms with Crippen molar-refractivity contribution in [3.8, 4) is 5.75 Å². The predicted octanol–water partition coefficient (Wildman–Crippen LogP) is 3.06. The van der Waals surface area contributed by atoms with Crippen LogP contribution in [0.2, 0.25) is 0 Å². The predicted molar refractivity (Wildman–Crippen MR) is 65.3 cm³/mol. The number of fused-ring (bicyclic) bond motifs is 1. The Balaban J connectivity index is 1.93. The molecule has 0 bridgehead atoms. The summed E-state index contributed by atoms with van der Waals surface area (Å²) < 4.78 is 5.40. The molecule has 84 valence electrons. The van der Waals surface area contributed by atoms with Crippen molar-refractivity contribution in [3.63, 3.8) is 0 Å². The van der Waals surface area contributed by atoms with Gasteiger partial charge in [0.05, 0.1) is 13.2 Å². The van der Waals surface area contributed by atoms with Gasteiger partial charge in [0.25, 0.3) is 0 Å². The largest absolute Gasteiger partial charge is 0.496 e. The molecule has 1 saturated carbocycles. The van der Waals surface area contributed by atoms with Gasteiger partial charge in [-0.3, -0.25) is 4.99 Å². The zero-order valence-corrected chi connectivity index (χ0v) is 9.65. The molecule has 0 amide bonds. The van der Waals surface area contributed by atoms with E-state index in [-0.39, 0.29) is 0 Å². The summed E-state index contributed by atoms with van der Waals surface area (Å²) in [5.41, 5.74) is 2.45. The molecule has 0 spiro atoms. The number of aliphatic imine (C=N–C) groups is 1. The molecule has 2 atom stereocenters. The van der Waals surface area contributed by atoms with Gasteiger partial charge in [-0.05, 0) is 37.3 Å². The molecule has 1 fully saturated rings. The van der Waals surface area contributed by atoms with Crippen LogP contribution in [0.1, 0.15) is 31.2 Å². The Morgan fingerprint density at radius 1 is 1.25 bits per heavy atom. The summed E-state index contributed by atoms with van der Waals surface area (Å²) in [5.74, 6) is 1.76. The molecule has 0 unspecified atom stereocenters. The lowest BCUT2D eigenvalue weighted by atomic mass is 9.98. The Bertz CT molecular complexity index is 424. The first-order chi connectivity index (χ1) is 7.88. The van der Waals surface area contributed by atoms with Gasteiger partial charge in [0.2, 0.25) is 0 Å². The van der Waals surface area contributed by atoms with Crippen LogP contribution in [0, 0.1) is 5.92 Å². The zero-order chi connectivity index (χ0) is 11.0. The van der Waals surface area contributed by atoms with Gasteiger partial charge < -0.3 is 4.74 Å². The molecule has 3 rings (SSSR count). The second kappa shape index (κ2) is 3.93. The van der Waals surface area contributed by atoms with E-state index in [0.717, 1.165) is 18.1 Å². The van der Waals surface area contributed by atoms with Crippen molar-refractivity contribution in [3.05, 3.63) is 29.8 Å². The number of hydrogen-bond donors (Lipinski definition) is 0. The highest BCUT2D eigenvalue weighted by Crippen LogP contribution is 2.38. The molecule has 2 heteroatoms. The van der Waals surface area contributed by atoms with Crippen LogP contribution in [-0.4, -0.2) is 18.9 Å². The summed E-state index contributed by atoms with van der Waals surface area (Å²) >= 11 is 0. The quantitative estimate of drug-likeness (QED) is 0.743. The Labute approximate surface area is 96.3 Å². The van der Waals surface area contributed by atoms with Crippen molar-refractivity contribution in [2.45, 2.75) is 31.7 Å². The van der Waals surface area contributed by atoms with E-state index >= 15 is 0 Å². The maximum atomic E-state index is 5.40. The maximum Gasteiger partial charge on any atom is 0.127 e. The van der Waals surface area contributed by atoms with Gasteiger partial charge in [-0.25, -0.2) is 0 Å². The van der Waals surface area contributed by atoms with Crippen molar-refractivity contribution in [2.75, 3.05) is 7.11 Å². The van der Waals surface area contributed by atoms with Crippen LogP contribution in [0.25, 0.3) is 0 Å². The van der Waals surface area contributed by atoms with Gasteiger partial charge in [0.15, 0.2) is 0 Å². The normalized spacial score (nSPS) is 27.7. The number of para-hydroxylation sites is 1. The molecule has 1 aromatic rings.